The zero-order valence-corrected chi connectivity index (χ0v) is 12.5. The minimum absolute atomic E-state index is 0.0988. The second-order valence-electron chi connectivity index (χ2n) is 5.50. The number of rotatable bonds is 3. The molecule has 0 aliphatic heterocycles. The van der Waals surface area contributed by atoms with Crippen molar-refractivity contribution in [2.75, 3.05) is 7.11 Å². The standard InChI is InChI=1S/C17H18N2O3/c1-22-17(21)12-10-14(15-8-4-5-9-18-15)16(20)19(11-12)13-6-2-3-7-13/h4-5,8-11,13H,2-3,6-7H2,1H3. The highest BCUT2D eigenvalue weighted by Gasteiger charge is 2.22. The number of carbonyl (C=O) groups is 1. The Labute approximate surface area is 128 Å². The number of hydrogen-bond acceptors (Lipinski definition) is 4. The van der Waals surface area contributed by atoms with E-state index in [2.05, 4.69) is 4.98 Å². The van der Waals surface area contributed by atoms with Crippen LogP contribution in [-0.4, -0.2) is 22.6 Å². The van der Waals surface area contributed by atoms with Crippen LogP contribution in [0.3, 0.4) is 0 Å². The van der Waals surface area contributed by atoms with E-state index >= 15 is 0 Å². The molecule has 3 rings (SSSR count). The molecule has 0 unspecified atom stereocenters. The maximum atomic E-state index is 12.8. The molecular weight excluding hydrogens is 280 g/mol. The van der Waals surface area contributed by atoms with E-state index < -0.39 is 5.97 Å². The molecule has 0 amide bonds. The van der Waals surface area contributed by atoms with Crippen LogP contribution in [0.5, 0.6) is 0 Å². The first-order chi connectivity index (χ1) is 10.7. The lowest BCUT2D eigenvalue weighted by Gasteiger charge is -2.16. The molecule has 0 spiro atoms. The van der Waals surface area contributed by atoms with Crippen molar-refractivity contribution in [1.82, 2.24) is 9.55 Å². The van der Waals surface area contributed by atoms with Crippen molar-refractivity contribution in [2.24, 2.45) is 0 Å². The van der Waals surface area contributed by atoms with E-state index in [4.69, 9.17) is 4.74 Å². The molecule has 0 radical (unpaired) electrons. The SMILES string of the molecule is COC(=O)c1cc(-c2ccccn2)c(=O)n(C2CCCC2)c1. The minimum atomic E-state index is -0.441. The van der Waals surface area contributed by atoms with Crippen molar-refractivity contribution in [3.05, 3.63) is 52.6 Å². The summed E-state index contributed by atoms with van der Waals surface area (Å²) < 4.78 is 6.49. The highest BCUT2D eigenvalue weighted by atomic mass is 16.5. The predicted molar refractivity (Wildman–Crippen MR) is 82.8 cm³/mol. The molecule has 0 aromatic carbocycles. The summed E-state index contributed by atoms with van der Waals surface area (Å²) in [6.07, 6.45) is 7.41. The van der Waals surface area contributed by atoms with E-state index in [1.165, 1.54) is 7.11 Å². The number of nitrogens with zero attached hydrogens (tertiary/aromatic N) is 2. The highest BCUT2D eigenvalue weighted by Crippen LogP contribution is 2.29. The van der Waals surface area contributed by atoms with Crippen LogP contribution >= 0.6 is 0 Å². The van der Waals surface area contributed by atoms with Crippen LogP contribution < -0.4 is 5.56 Å². The van der Waals surface area contributed by atoms with Gasteiger partial charge < -0.3 is 9.30 Å². The fourth-order valence-corrected chi connectivity index (χ4v) is 2.99. The predicted octanol–water partition coefficient (Wildman–Crippen LogP) is 2.81. The molecule has 1 aliphatic carbocycles. The third-order valence-corrected chi connectivity index (χ3v) is 4.12. The molecule has 114 valence electrons. The van der Waals surface area contributed by atoms with Gasteiger partial charge in [0.2, 0.25) is 0 Å². The first-order valence-corrected chi connectivity index (χ1v) is 7.46. The zero-order valence-electron chi connectivity index (χ0n) is 12.5. The zero-order chi connectivity index (χ0) is 15.5. The van der Waals surface area contributed by atoms with Gasteiger partial charge >= 0.3 is 5.97 Å². The second-order valence-corrected chi connectivity index (χ2v) is 5.50. The summed E-state index contributed by atoms with van der Waals surface area (Å²) in [7, 11) is 1.34. The van der Waals surface area contributed by atoms with Crippen LogP contribution in [0.4, 0.5) is 0 Å². The molecule has 1 fully saturated rings. The van der Waals surface area contributed by atoms with Crippen molar-refractivity contribution in [3.8, 4) is 11.3 Å². The van der Waals surface area contributed by atoms with Crippen LogP contribution in [0.2, 0.25) is 0 Å². The van der Waals surface area contributed by atoms with E-state index in [9.17, 15) is 9.59 Å². The summed E-state index contributed by atoms with van der Waals surface area (Å²) in [6.45, 7) is 0. The molecule has 22 heavy (non-hydrogen) atoms. The van der Waals surface area contributed by atoms with Gasteiger partial charge in [-0.2, -0.15) is 0 Å². The van der Waals surface area contributed by atoms with Gasteiger partial charge in [-0.25, -0.2) is 4.79 Å². The van der Waals surface area contributed by atoms with Crippen LogP contribution in [0.15, 0.2) is 41.5 Å². The first-order valence-electron chi connectivity index (χ1n) is 7.46. The summed E-state index contributed by atoms with van der Waals surface area (Å²) in [5, 5.41) is 0. The Hall–Kier alpha value is -2.43. The monoisotopic (exact) mass is 298 g/mol. The molecule has 2 aromatic rings. The Balaban J connectivity index is 2.18. The molecule has 2 heterocycles. The molecule has 5 nitrogen and oxygen atoms in total. The molecule has 0 bridgehead atoms. The number of methoxy groups -OCH3 is 1. The van der Waals surface area contributed by atoms with E-state index in [1.807, 2.05) is 6.07 Å². The Kier molecular flexibility index (Phi) is 4.04. The molecule has 1 saturated carbocycles. The van der Waals surface area contributed by atoms with Crippen molar-refractivity contribution < 1.29 is 9.53 Å². The average Bonchev–Trinajstić information content (AvgIpc) is 3.09. The molecular formula is C17H18N2O3. The summed E-state index contributed by atoms with van der Waals surface area (Å²) >= 11 is 0. The number of esters is 1. The van der Waals surface area contributed by atoms with Crippen molar-refractivity contribution in [3.63, 3.8) is 0 Å². The van der Waals surface area contributed by atoms with Crippen LogP contribution in [0.25, 0.3) is 11.3 Å². The summed E-state index contributed by atoms with van der Waals surface area (Å²) in [5.74, 6) is -0.441. The maximum Gasteiger partial charge on any atom is 0.339 e. The van der Waals surface area contributed by atoms with Gasteiger partial charge in [-0.1, -0.05) is 18.9 Å². The van der Waals surface area contributed by atoms with Crippen LogP contribution in [0.1, 0.15) is 42.1 Å². The molecule has 0 atom stereocenters. The van der Waals surface area contributed by atoms with E-state index in [0.29, 0.717) is 16.8 Å². The lowest BCUT2D eigenvalue weighted by molar-refractivity contribution is 0.0599. The number of pyridine rings is 2. The summed E-state index contributed by atoms with van der Waals surface area (Å²) in [4.78, 5) is 28.9. The quantitative estimate of drug-likeness (QED) is 0.817. The van der Waals surface area contributed by atoms with Crippen LogP contribution in [-0.2, 0) is 4.74 Å². The first kappa shape index (κ1) is 14.5. The summed E-state index contributed by atoms with van der Waals surface area (Å²) in [5.41, 5.74) is 1.30. The van der Waals surface area contributed by atoms with Gasteiger partial charge in [0, 0.05) is 18.4 Å². The highest BCUT2D eigenvalue weighted by molar-refractivity contribution is 5.90. The Bertz CT molecular complexity index is 731. The van der Waals surface area contributed by atoms with Crippen molar-refractivity contribution in [2.45, 2.75) is 31.7 Å². The Morgan fingerprint density at radius 1 is 1.32 bits per heavy atom. The Morgan fingerprint density at radius 2 is 2.09 bits per heavy atom. The second kappa shape index (κ2) is 6.13. The van der Waals surface area contributed by atoms with Crippen molar-refractivity contribution in [1.29, 1.82) is 0 Å². The number of hydrogen-bond donors (Lipinski definition) is 0. The molecule has 5 heteroatoms. The van der Waals surface area contributed by atoms with Crippen LogP contribution in [0, 0.1) is 0 Å². The molecule has 0 N–H and O–H groups in total. The van der Waals surface area contributed by atoms with Gasteiger partial charge in [0.1, 0.15) is 0 Å². The fourth-order valence-electron chi connectivity index (χ4n) is 2.99. The normalized spacial score (nSPS) is 15.0. The fraction of sp³-hybridized carbons (Fsp3) is 0.353. The number of ether oxygens (including phenoxy) is 1. The van der Waals surface area contributed by atoms with Crippen molar-refractivity contribution >= 4 is 5.97 Å². The molecule has 0 saturated heterocycles. The summed E-state index contributed by atoms with van der Waals surface area (Å²) in [6, 6.07) is 7.12. The van der Waals surface area contributed by atoms with Gasteiger partial charge in [0.15, 0.2) is 0 Å². The largest absolute Gasteiger partial charge is 0.465 e. The Morgan fingerprint density at radius 3 is 2.73 bits per heavy atom. The maximum absolute atomic E-state index is 12.8. The smallest absolute Gasteiger partial charge is 0.339 e. The third kappa shape index (κ3) is 2.66. The number of aromatic nitrogens is 2. The minimum Gasteiger partial charge on any atom is -0.465 e. The topological polar surface area (TPSA) is 61.2 Å². The van der Waals surface area contributed by atoms with E-state index in [0.717, 1.165) is 25.7 Å². The molecule has 1 aliphatic rings. The third-order valence-electron chi connectivity index (χ3n) is 4.12. The van der Waals surface area contributed by atoms with Gasteiger partial charge in [-0.3, -0.25) is 9.78 Å². The lowest BCUT2D eigenvalue weighted by atomic mass is 10.1. The average molecular weight is 298 g/mol. The van der Waals surface area contributed by atoms with E-state index in [-0.39, 0.29) is 11.6 Å². The van der Waals surface area contributed by atoms with E-state index in [1.54, 1.807) is 35.2 Å². The lowest BCUT2D eigenvalue weighted by Crippen LogP contribution is -2.26. The number of carbonyl (C=O) groups excluding carboxylic acids is 1. The molecule has 2 aromatic heterocycles. The van der Waals surface area contributed by atoms with Gasteiger partial charge in [-0.15, -0.1) is 0 Å². The van der Waals surface area contributed by atoms with Gasteiger partial charge in [-0.05, 0) is 31.0 Å². The van der Waals surface area contributed by atoms with Gasteiger partial charge in [0.25, 0.3) is 5.56 Å². The van der Waals surface area contributed by atoms with Gasteiger partial charge in [0.05, 0.1) is 23.9 Å².